The number of carboxylic acids is 1. The van der Waals surface area contributed by atoms with Gasteiger partial charge in [0.2, 0.25) is 0 Å². The largest absolute Gasteiger partial charge is 0.481 e. The molecule has 4 aliphatic rings. The van der Waals surface area contributed by atoms with Crippen LogP contribution in [-0.4, -0.2) is 25.2 Å². The van der Waals surface area contributed by atoms with Crippen molar-refractivity contribution in [3.05, 3.63) is 10.1 Å². The summed E-state index contributed by atoms with van der Waals surface area (Å²) in [5.74, 6) is -1.67. The normalized spacial score (nSPS) is 53.6. The zero-order valence-electron chi connectivity index (χ0n) is 10.7. The Morgan fingerprint density at radius 1 is 1.00 bits per heavy atom. The number of allylic oxidation sites excluding steroid dienone is 2. The fourth-order valence-corrected chi connectivity index (χ4v) is 8.48. The number of aliphatic carboxylic acids is 1. The summed E-state index contributed by atoms with van der Waals surface area (Å²) >= 11 is 39.3. The summed E-state index contributed by atoms with van der Waals surface area (Å²) < 4.78 is -1.54. The fraction of sp³-hybridized carbons (Fsp3) is 0.769. The molecule has 0 aromatic rings. The van der Waals surface area contributed by atoms with E-state index >= 15 is 0 Å². The maximum absolute atomic E-state index is 11.5. The Labute approximate surface area is 173 Å². The van der Waals surface area contributed by atoms with E-state index in [9.17, 15) is 9.90 Å². The first-order chi connectivity index (χ1) is 9.60. The second kappa shape index (κ2) is 5.11. The van der Waals surface area contributed by atoms with Gasteiger partial charge in [0.05, 0.1) is 16.0 Å². The second-order valence-corrected chi connectivity index (χ2v) is 9.79. The minimum absolute atomic E-state index is 0. The van der Waals surface area contributed by atoms with E-state index in [1.54, 1.807) is 0 Å². The molecule has 0 heterocycles. The van der Waals surface area contributed by atoms with Crippen LogP contribution in [-0.2, 0) is 27.2 Å². The molecule has 0 aromatic heterocycles. The summed E-state index contributed by atoms with van der Waals surface area (Å²) in [6.45, 7) is 0. The molecule has 1 radical (unpaired) electrons. The van der Waals surface area contributed by atoms with E-state index < -0.39 is 26.0 Å². The topological polar surface area (TPSA) is 37.3 Å². The van der Waals surface area contributed by atoms with E-state index in [1.807, 2.05) is 0 Å². The second-order valence-electron chi connectivity index (χ2n) is 6.52. The van der Waals surface area contributed by atoms with Crippen molar-refractivity contribution in [1.29, 1.82) is 0 Å². The molecule has 7 unspecified atom stereocenters. The Kier molecular flexibility index (Phi) is 4.30. The number of halogens is 6. The van der Waals surface area contributed by atoms with Crippen LogP contribution in [0.2, 0.25) is 0 Å². The number of alkyl halides is 4. The van der Waals surface area contributed by atoms with Crippen LogP contribution in [0.1, 0.15) is 12.8 Å². The molecule has 4 bridgehead atoms. The molecule has 0 spiro atoms. The van der Waals surface area contributed by atoms with Crippen molar-refractivity contribution in [2.75, 3.05) is 0 Å². The Hall–Kier alpha value is 1.69. The summed E-state index contributed by atoms with van der Waals surface area (Å²) in [4.78, 5) is 8.92. The molecule has 0 saturated heterocycles. The van der Waals surface area contributed by atoms with Crippen molar-refractivity contribution in [2.24, 2.45) is 29.6 Å². The van der Waals surface area contributed by atoms with Crippen LogP contribution in [0.5, 0.6) is 0 Å². The van der Waals surface area contributed by atoms with Crippen LogP contribution in [0.4, 0.5) is 0 Å². The number of carboxylic acid groups (broad SMARTS) is 1. The number of carbonyl (C=O) groups is 1. The van der Waals surface area contributed by atoms with E-state index in [1.165, 1.54) is 0 Å². The summed E-state index contributed by atoms with van der Waals surface area (Å²) in [7, 11) is 0. The van der Waals surface area contributed by atoms with Gasteiger partial charge in [-0.1, -0.05) is 46.4 Å². The standard InChI is InChI=1S/C13H10Cl6O2.Ag/c14-8-9(15)12(17)7-4-1-3(2-5(4)10(20)21)6(7)11(8,16)13(12,18)19;/h3-7H,1-2H2,(H,20,21);. The maximum atomic E-state index is 11.5. The summed E-state index contributed by atoms with van der Waals surface area (Å²) in [6.07, 6.45) is 1.32. The molecule has 0 amide bonds. The predicted molar refractivity (Wildman–Crippen MR) is 84.7 cm³/mol. The van der Waals surface area contributed by atoms with Crippen molar-refractivity contribution < 1.29 is 32.3 Å². The molecule has 1 N–H and O–H groups in total. The first-order valence-electron chi connectivity index (χ1n) is 6.64. The van der Waals surface area contributed by atoms with E-state index in [-0.39, 0.29) is 56.1 Å². The zero-order chi connectivity index (χ0) is 15.5. The molecule has 3 fully saturated rings. The van der Waals surface area contributed by atoms with Gasteiger partial charge in [0, 0.05) is 22.4 Å². The number of fused-ring (bicyclic) bond motifs is 9. The van der Waals surface area contributed by atoms with Crippen LogP contribution >= 0.6 is 69.6 Å². The van der Waals surface area contributed by atoms with Gasteiger partial charge in [0.1, 0.15) is 9.75 Å². The molecule has 127 valence electrons. The Morgan fingerprint density at radius 3 is 2.00 bits per heavy atom. The molecule has 3 saturated carbocycles. The van der Waals surface area contributed by atoms with Crippen molar-refractivity contribution in [3.8, 4) is 0 Å². The molecule has 4 aliphatic carbocycles. The zero-order valence-corrected chi connectivity index (χ0v) is 16.7. The maximum Gasteiger partial charge on any atom is 0.306 e. The van der Waals surface area contributed by atoms with E-state index in [4.69, 9.17) is 69.6 Å². The molecule has 22 heavy (non-hydrogen) atoms. The average Bonchev–Trinajstić information content (AvgIpc) is 3.05. The van der Waals surface area contributed by atoms with Crippen molar-refractivity contribution >= 4 is 75.6 Å². The molecular formula is C13H10AgCl6O2. The smallest absolute Gasteiger partial charge is 0.306 e. The minimum Gasteiger partial charge on any atom is -0.481 e. The van der Waals surface area contributed by atoms with E-state index in [2.05, 4.69) is 0 Å². The molecule has 4 rings (SSSR count). The van der Waals surface area contributed by atoms with E-state index in [0.29, 0.717) is 6.42 Å². The van der Waals surface area contributed by atoms with Gasteiger partial charge in [-0.3, -0.25) is 4.79 Å². The van der Waals surface area contributed by atoms with Crippen LogP contribution in [0, 0.1) is 29.6 Å². The summed E-state index contributed by atoms with van der Waals surface area (Å²) in [5, 5.41) is 9.79. The third-order valence-corrected chi connectivity index (χ3v) is 10.3. The van der Waals surface area contributed by atoms with Gasteiger partial charge in [-0.25, -0.2) is 0 Å². The van der Waals surface area contributed by atoms with Gasteiger partial charge < -0.3 is 5.11 Å². The van der Waals surface area contributed by atoms with Gasteiger partial charge in [-0.2, -0.15) is 0 Å². The molecule has 0 aliphatic heterocycles. The van der Waals surface area contributed by atoms with Crippen LogP contribution in [0.25, 0.3) is 0 Å². The fourth-order valence-electron chi connectivity index (χ4n) is 5.33. The third kappa shape index (κ3) is 1.62. The van der Waals surface area contributed by atoms with Crippen molar-refractivity contribution in [1.82, 2.24) is 0 Å². The van der Waals surface area contributed by atoms with Crippen LogP contribution < -0.4 is 0 Å². The number of rotatable bonds is 1. The molecule has 2 nitrogen and oxygen atoms in total. The molecular weight excluding hydrogens is 509 g/mol. The van der Waals surface area contributed by atoms with Gasteiger partial charge >= 0.3 is 5.97 Å². The quantitative estimate of drug-likeness (QED) is 0.308. The first kappa shape index (κ1) is 18.5. The Balaban J connectivity index is 0.00000144. The summed E-state index contributed by atoms with van der Waals surface area (Å²) in [6, 6.07) is 0. The van der Waals surface area contributed by atoms with Gasteiger partial charge in [-0.15, -0.1) is 23.2 Å². The monoisotopic (exact) mass is 515 g/mol. The van der Waals surface area contributed by atoms with Gasteiger partial charge in [-0.05, 0) is 36.5 Å². The molecule has 9 heteroatoms. The summed E-state index contributed by atoms with van der Waals surface area (Å²) in [5.41, 5.74) is 0. The predicted octanol–water partition coefficient (Wildman–Crippen LogP) is 4.80. The molecule has 7 atom stereocenters. The minimum atomic E-state index is -1.54. The Bertz CT molecular complexity index is 609. The number of hydrogen-bond acceptors (Lipinski definition) is 1. The molecule has 0 aromatic carbocycles. The van der Waals surface area contributed by atoms with Crippen LogP contribution in [0.15, 0.2) is 10.1 Å². The van der Waals surface area contributed by atoms with Crippen molar-refractivity contribution in [3.63, 3.8) is 0 Å². The van der Waals surface area contributed by atoms with Crippen molar-refractivity contribution in [2.45, 2.75) is 26.9 Å². The van der Waals surface area contributed by atoms with Crippen LogP contribution in [0.3, 0.4) is 0 Å². The third-order valence-electron chi connectivity index (χ3n) is 5.99. The average molecular weight is 519 g/mol. The van der Waals surface area contributed by atoms with Gasteiger partial charge in [0.25, 0.3) is 0 Å². The number of hydrogen-bond donors (Lipinski definition) is 1. The Morgan fingerprint density at radius 2 is 1.50 bits per heavy atom. The first-order valence-corrected chi connectivity index (χ1v) is 8.91. The van der Waals surface area contributed by atoms with Gasteiger partial charge in [0.15, 0.2) is 4.33 Å². The van der Waals surface area contributed by atoms with E-state index in [0.717, 1.165) is 6.42 Å². The SMILES string of the molecule is O=C(O)C1CC2CC1C1C2C2(Cl)C(Cl)=C(Cl)C1(Cl)C2(Cl)Cl.[Ag].